The van der Waals surface area contributed by atoms with Crippen LogP contribution in [0.2, 0.25) is 0 Å². The summed E-state index contributed by atoms with van der Waals surface area (Å²) in [4.78, 5) is 15.1. The van der Waals surface area contributed by atoms with Crippen molar-refractivity contribution in [3.8, 4) is 34.2 Å². The lowest BCUT2D eigenvalue weighted by molar-refractivity contribution is 0.669. The largest absolute Gasteiger partial charge is 0.456 e. The van der Waals surface area contributed by atoms with Gasteiger partial charge in [0, 0.05) is 27.5 Å². The standard InChI is InChI=1S/C39H23N3O/c1-2-10-25(11-3-1)37-40-38(29-19-20-31-28(21-29)18-17-24-9-6-7-14-30(24)31)42-39(41-37)32-15-8-16-34-36(32)33-22-26-12-4-5-13-27(26)23-35(33)43-34/h1-23H. The highest BCUT2D eigenvalue weighted by Gasteiger charge is 2.18. The lowest BCUT2D eigenvalue weighted by atomic mass is 10.00. The zero-order valence-corrected chi connectivity index (χ0v) is 23.0. The highest BCUT2D eigenvalue weighted by molar-refractivity contribution is 6.15. The molecule has 0 radical (unpaired) electrons. The van der Waals surface area contributed by atoms with Crippen LogP contribution in [0.25, 0.3) is 88.4 Å². The van der Waals surface area contributed by atoms with Crippen molar-refractivity contribution >= 4 is 54.3 Å². The van der Waals surface area contributed by atoms with Crippen molar-refractivity contribution in [1.82, 2.24) is 15.0 Å². The Bertz CT molecular complexity index is 2510. The van der Waals surface area contributed by atoms with Crippen LogP contribution in [0.4, 0.5) is 0 Å². The van der Waals surface area contributed by atoms with Crippen LogP contribution in [0, 0.1) is 0 Å². The summed E-state index contributed by atoms with van der Waals surface area (Å²) in [6.07, 6.45) is 0. The van der Waals surface area contributed by atoms with Gasteiger partial charge in [-0.05, 0) is 56.6 Å². The molecule has 2 heterocycles. The maximum Gasteiger partial charge on any atom is 0.164 e. The predicted octanol–water partition coefficient (Wildman–Crippen LogP) is 10.2. The molecule has 9 rings (SSSR count). The molecule has 0 aliphatic carbocycles. The minimum atomic E-state index is 0.615. The van der Waals surface area contributed by atoms with Gasteiger partial charge in [0.25, 0.3) is 0 Å². The highest BCUT2D eigenvalue weighted by atomic mass is 16.3. The van der Waals surface area contributed by atoms with Gasteiger partial charge in [0.2, 0.25) is 0 Å². The maximum atomic E-state index is 6.36. The molecule has 4 heteroatoms. The Morgan fingerprint density at radius 3 is 1.91 bits per heavy atom. The van der Waals surface area contributed by atoms with Crippen molar-refractivity contribution in [1.29, 1.82) is 0 Å². The number of rotatable bonds is 3. The van der Waals surface area contributed by atoms with Gasteiger partial charge in [-0.1, -0.05) is 115 Å². The second-order valence-electron chi connectivity index (χ2n) is 10.9. The van der Waals surface area contributed by atoms with Gasteiger partial charge in [-0.2, -0.15) is 0 Å². The fourth-order valence-corrected chi connectivity index (χ4v) is 6.19. The average Bonchev–Trinajstić information content (AvgIpc) is 3.44. The second-order valence-corrected chi connectivity index (χ2v) is 10.9. The third-order valence-corrected chi connectivity index (χ3v) is 8.27. The molecule has 2 aromatic heterocycles. The van der Waals surface area contributed by atoms with E-state index in [9.17, 15) is 0 Å². The van der Waals surface area contributed by atoms with Crippen molar-refractivity contribution in [2.75, 3.05) is 0 Å². The van der Waals surface area contributed by atoms with Gasteiger partial charge in [-0.25, -0.2) is 15.0 Å². The fourth-order valence-electron chi connectivity index (χ4n) is 6.19. The van der Waals surface area contributed by atoms with Crippen LogP contribution in [-0.2, 0) is 0 Å². The van der Waals surface area contributed by atoms with Gasteiger partial charge in [-0.3, -0.25) is 0 Å². The minimum Gasteiger partial charge on any atom is -0.456 e. The summed E-state index contributed by atoms with van der Waals surface area (Å²) in [7, 11) is 0. The van der Waals surface area contributed by atoms with Crippen molar-refractivity contribution in [3.63, 3.8) is 0 Å². The minimum absolute atomic E-state index is 0.615. The summed E-state index contributed by atoms with van der Waals surface area (Å²) >= 11 is 0. The number of hydrogen-bond acceptors (Lipinski definition) is 4. The Morgan fingerprint density at radius 2 is 1.05 bits per heavy atom. The number of fused-ring (bicyclic) bond motifs is 7. The number of aromatic nitrogens is 3. The van der Waals surface area contributed by atoms with E-state index in [1.165, 1.54) is 16.2 Å². The van der Waals surface area contributed by atoms with Crippen molar-refractivity contribution in [2.24, 2.45) is 0 Å². The first-order valence-corrected chi connectivity index (χ1v) is 14.4. The molecule has 0 aliphatic rings. The van der Waals surface area contributed by atoms with E-state index in [0.717, 1.165) is 54.8 Å². The summed E-state index contributed by atoms with van der Waals surface area (Å²) in [5, 5.41) is 9.18. The van der Waals surface area contributed by atoms with Gasteiger partial charge in [-0.15, -0.1) is 0 Å². The van der Waals surface area contributed by atoms with Crippen molar-refractivity contribution in [2.45, 2.75) is 0 Å². The zero-order valence-electron chi connectivity index (χ0n) is 23.0. The van der Waals surface area contributed by atoms with Gasteiger partial charge in [0.15, 0.2) is 17.5 Å². The molecule has 0 atom stereocenters. The second kappa shape index (κ2) is 9.33. The molecular formula is C39H23N3O. The molecule has 0 N–H and O–H groups in total. The average molecular weight is 550 g/mol. The molecule has 0 fully saturated rings. The van der Waals surface area contributed by atoms with Gasteiger partial charge in [0.1, 0.15) is 11.2 Å². The smallest absolute Gasteiger partial charge is 0.164 e. The molecule has 43 heavy (non-hydrogen) atoms. The lowest BCUT2D eigenvalue weighted by Crippen LogP contribution is -2.00. The molecule has 0 amide bonds. The Kier molecular flexibility index (Phi) is 5.16. The Balaban J connectivity index is 1.30. The normalized spacial score (nSPS) is 11.7. The fraction of sp³-hybridized carbons (Fsp3) is 0. The van der Waals surface area contributed by atoms with Crippen molar-refractivity contribution < 1.29 is 4.42 Å². The van der Waals surface area contributed by atoms with Crippen LogP contribution in [0.5, 0.6) is 0 Å². The zero-order chi connectivity index (χ0) is 28.3. The molecule has 0 saturated carbocycles. The Morgan fingerprint density at radius 1 is 0.372 bits per heavy atom. The monoisotopic (exact) mass is 549 g/mol. The molecule has 0 unspecified atom stereocenters. The van der Waals surface area contributed by atoms with E-state index in [1.807, 2.05) is 42.5 Å². The summed E-state index contributed by atoms with van der Waals surface area (Å²) in [5.41, 5.74) is 4.46. The molecule has 0 bridgehead atoms. The summed E-state index contributed by atoms with van der Waals surface area (Å²) < 4.78 is 6.36. The van der Waals surface area contributed by atoms with E-state index in [1.54, 1.807) is 0 Å². The number of nitrogens with zero attached hydrogens (tertiary/aromatic N) is 3. The van der Waals surface area contributed by atoms with Crippen LogP contribution in [-0.4, -0.2) is 15.0 Å². The molecule has 7 aromatic carbocycles. The van der Waals surface area contributed by atoms with Crippen LogP contribution in [0.15, 0.2) is 144 Å². The first kappa shape index (κ1) is 23.8. The van der Waals surface area contributed by atoms with E-state index in [0.29, 0.717) is 17.5 Å². The van der Waals surface area contributed by atoms with Crippen LogP contribution >= 0.6 is 0 Å². The van der Waals surface area contributed by atoms with Crippen molar-refractivity contribution in [3.05, 3.63) is 140 Å². The molecule has 9 aromatic rings. The maximum absolute atomic E-state index is 6.36. The van der Waals surface area contributed by atoms with Crippen LogP contribution in [0.1, 0.15) is 0 Å². The van der Waals surface area contributed by atoms with Gasteiger partial charge < -0.3 is 4.42 Å². The van der Waals surface area contributed by atoms with Crippen LogP contribution in [0.3, 0.4) is 0 Å². The SMILES string of the molecule is c1ccc(-c2nc(-c3ccc4c(ccc5ccccc54)c3)nc(-c3cccc4oc5cc6ccccc6cc5c34)n2)cc1. The third kappa shape index (κ3) is 3.88. The summed E-state index contributed by atoms with van der Waals surface area (Å²) in [6, 6.07) is 48.1. The first-order valence-electron chi connectivity index (χ1n) is 14.4. The molecule has 200 valence electrons. The summed E-state index contributed by atoms with van der Waals surface area (Å²) in [5.74, 6) is 1.88. The molecule has 0 aliphatic heterocycles. The van der Waals surface area contributed by atoms with E-state index < -0.39 is 0 Å². The quantitative estimate of drug-likeness (QED) is 0.206. The number of furan rings is 1. The molecule has 0 saturated heterocycles. The molecule has 0 spiro atoms. The van der Waals surface area contributed by atoms with Crippen LogP contribution < -0.4 is 0 Å². The highest BCUT2D eigenvalue weighted by Crippen LogP contribution is 2.38. The van der Waals surface area contributed by atoms with Gasteiger partial charge in [0.05, 0.1) is 0 Å². The molecule has 4 nitrogen and oxygen atoms in total. The number of benzene rings is 7. The topological polar surface area (TPSA) is 51.8 Å². The van der Waals surface area contributed by atoms with E-state index in [2.05, 4.69) is 97.1 Å². The Hall–Kier alpha value is -5.87. The van der Waals surface area contributed by atoms with Gasteiger partial charge >= 0.3 is 0 Å². The van der Waals surface area contributed by atoms with E-state index in [-0.39, 0.29) is 0 Å². The third-order valence-electron chi connectivity index (χ3n) is 8.27. The molecular weight excluding hydrogens is 526 g/mol. The first-order chi connectivity index (χ1) is 21.3. The predicted molar refractivity (Wildman–Crippen MR) is 176 cm³/mol. The van der Waals surface area contributed by atoms with E-state index >= 15 is 0 Å². The summed E-state index contributed by atoms with van der Waals surface area (Å²) in [6.45, 7) is 0. The lowest BCUT2D eigenvalue weighted by Gasteiger charge is -2.10. The Labute approximate surface area is 246 Å². The number of hydrogen-bond donors (Lipinski definition) is 0. The van der Waals surface area contributed by atoms with E-state index in [4.69, 9.17) is 19.4 Å².